The number of nitrogen functional groups attached to an aromatic ring is 1. The fourth-order valence-corrected chi connectivity index (χ4v) is 2.97. The van der Waals surface area contributed by atoms with E-state index in [9.17, 15) is 0 Å². The fourth-order valence-electron chi connectivity index (χ4n) is 2.97. The first-order valence-electron chi connectivity index (χ1n) is 9.95. The molecule has 0 amide bonds. The molecule has 32 heavy (non-hydrogen) atoms. The van der Waals surface area contributed by atoms with E-state index in [-0.39, 0.29) is 11.7 Å². The maximum absolute atomic E-state index is 6.05. The molecule has 0 saturated carbocycles. The van der Waals surface area contributed by atoms with Crippen LogP contribution in [0, 0.1) is 18.8 Å². The van der Waals surface area contributed by atoms with Gasteiger partial charge in [-0.3, -0.25) is 0 Å². The highest BCUT2D eigenvalue weighted by molar-refractivity contribution is 5.60. The molecule has 0 fully saturated rings. The van der Waals surface area contributed by atoms with Crippen molar-refractivity contribution < 1.29 is 18.9 Å². The summed E-state index contributed by atoms with van der Waals surface area (Å²) in [5, 5.41) is 0. The Labute approximate surface area is 187 Å². The van der Waals surface area contributed by atoms with E-state index in [1.54, 1.807) is 58.8 Å². The highest BCUT2D eigenvalue weighted by Crippen LogP contribution is 2.34. The van der Waals surface area contributed by atoms with Gasteiger partial charge in [0.05, 0.1) is 27.5 Å². The summed E-state index contributed by atoms with van der Waals surface area (Å²) < 4.78 is 22.2. The van der Waals surface area contributed by atoms with Gasteiger partial charge in [0.1, 0.15) is 40.1 Å². The smallest absolute Gasteiger partial charge is 0.187 e. The molecule has 3 rings (SSSR count). The molecule has 0 saturated heterocycles. The summed E-state index contributed by atoms with van der Waals surface area (Å²) in [6.45, 7) is 5.87. The molecule has 3 aromatic rings. The van der Waals surface area contributed by atoms with Crippen LogP contribution in [0.1, 0.15) is 42.4 Å². The quantitative estimate of drug-likeness (QED) is 0.579. The maximum Gasteiger partial charge on any atom is 0.187 e. The zero-order valence-corrected chi connectivity index (χ0v) is 19.0. The normalized spacial score (nSPS) is 10.3. The lowest BCUT2D eigenvalue weighted by Gasteiger charge is -2.14. The van der Waals surface area contributed by atoms with E-state index in [0.29, 0.717) is 45.8 Å². The topological polar surface area (TPSA) is 102 Å². The number of methoxy groups -OCH3 is 3. The number of nitrogens with zero attached hydrogens (tertiary/aromatic N) is 3. The Kier molecular flexibility index (Phi) is 7.00. The molecule has 2 heterocycles. The van der Waals surface area contributed by atoms with Gasteiger partial charge in [-0.1, -0.05) is 19.8 Å². The first kappa shape index (κ1) is 22.7. The summed E-state index contributed by atoms with van der Waals surface area (Å²) in [6, 6.07) is 5.26. The number of benzene rings is 1. The number of aromatic nitrogens is 3. The lowest BCUT2D eigenvalue weighted by Crippen LogP contribution is -2.02. The summed E-state index contributed by atoms with van der Waals surface area (Å²) in [6.07, 6.45) is 3.30. The molecule has 166 valence electrons. The van der Waals surface area contributed by atoms with Gasteiger partial charge >= 0.3 is 0 Å². The van der Waals surface area contributed by atoms with Crippen molar-refractivity contribution in [3.05, 3.63) is 53.2 Å². The van der Waals surface area contributed by atoms with E-state index in [4.69, 9.17) is 24.7 Å². The van der Waals surface area contributed by atoms with Crippen molar-refractivity contribution in [1.82, 2.24) is 15.0 Å². The standard InChI is InChI=1S/C24H26N4O4/c1-14(2)19-12-27-16(9-22(19)32-23-13-26-15(3)28-24(23)25)7-8-18-20(30-5)10-17(29-4)11-21(18)31-6/h9-14H,1-6H3,(H2,25,26,28). The molecule has 0 aliphatic heterocycles. The van der Waals surface area contributed by atoms with Gasteiger partial charge in [0, 0.05) is 30.0 Å². The molecule has 0 aliphatic carbocycles. The zero-order chi connectivity index (χ0) is 23.3. The molecular weight excluding hydrogens is 408 g/mol. The van der Waals surface area contributed by atoms with Crippen molar-refractivity contribution in [2.24, 2.45) is 0 Å². The van der Waals surface area contributed by atoms with E-state index in [2.05, 4.69) is 40.6 Å². The molecule has 2 N–H and O–H groups in total. The van der Waals surface area contributed by atoms with Crippen molar-refractivity contribution in [3.63, 3.8) is 0 Å². The largest absolute Gasteiger partial charge is 0.496 e. The first-order chi connectivity index (χ1) is 15.4. The predicted molar refractivity (Wildman–Crippen MR) is 122 cm³/mol. The number of pyridine rings is 1. The van der Waals surface area contributed by atoms with Crippen LogP contribution in [0.4, 0.5) is 5.82 Å². The van der Waals surface area contributed by atoms with Gasteiger partial charge in [0.25, 0.3) is 0 Å². The molecule has 1 aromatic carbocycles. The maximum atomic E-state index is 6.05. The summed E-state index contributed by atoms with van der Waals surface area (Å²) in [5.41, 5.74) is 8.01. The molecule has 0 spiro atoms. The van der Waals surface area contributed by atoms with Gasteiger partial charge in [0.15, 0.2) is 11.6 Å². The number of hydrogen-bond donors (Lipinski definition) is 1. The number of aryl methyl sites for hydroxylation is 1. The van der Waals surface area contributed by atoms with E-state index < -0.39 is 0 Å². The van der Waals surface area contributed by atoms with Crippen LogP contribution >= 0.6 is 0 Å². The molecule has 0 aliphatic rings. The SMILES string of the molecule is COc1cc(OC)c(C#Cc2cc(Oc3cnc(C)nc3N)c(C(C)C)cn2)c(OC)c1. The van der Waals surface area contributed by atoms with Gasteiger partial charge in [0.2, 0.25) is 0 Å². The molecule has 0 unspecified atom stereocenters. The van der Waals surface area contributed by atoms with Crippen molar-refractivity contribution in [1.29, 1.82) is 0 Å². The monoisotopic (exact) mass is 434 g/mol. The Morgan fingerprint density at radius 2 is 1.53 bits per heavy atom. The third-order valence-electron chi connectivity index (χ3n) is 4.67. The average molecular weight is 434 g/mol. The molecular formula is C24H26N4O4. The second-order valence-corrected chi connectivity index (χ2v) is 7.19. The number of ether oxygens (including phenoxy) is 4. The molecule has 8 nitrogen and oxygen atoms in total. The Balaban J connectivity index is 2.03. The molecule has 0 atom stereocenters. The summed E-state index contributed by atoms with van der Waals surface area (Å²) >= 11 is 0. The second kappa shape index (κ2) is 9.88. The minimum Gasteiger partial charge on any atom is -0.496 e. The van der Waals surface area contributed by atoms with Crippen LogP contribution in [0.2, 0.25) is 0 Å². The van der Waals surface area contributed by atoms with Gasteiger partial charge in [-0.05, 0) is 18.8 Å². The van der Waals surface area contributed by atoms with E-state index in [1.807, 2.05) is 0 Å². The van der Waals surface area contributed by atoms with E-state index >= 15 is 0 Å². The highest BCUT2D eigenvalue weighted by atomic mass is 16.5. The number of anilines is 1. The summed E-state index contributed by atoms with van der Waals surface area (Å²) in [5.74, 6) is 9.81. The van der Waals surface area contributed by atoms with Gasteiger partial charge in [-0.2, -0.15) is 0 Å². The minimum absolute atomic E-state index is 0.175. The van der Waals surface area contributed by atoms with Crippen molar-refractivity contribution in [2.75, 3.05) is 27.1 Å². The van der Waals surface area contributed by atoms with Gasteiger partial charge < -0.3 is 24.7 Å². The van der Waals surface area contributed by atoms with Crippen LogP contribution in [0.3, 0.4) is 0 Å². The Morgan fingerprint density at radius 3 is 2.09 bits per heavy atom. The number of rotatable bonds is 6. The fraction of sp³-hybridized carbons (Fsp3) is 0.292. The lowest BCUT2D eigenvalue weighted by molar-refractivity contribution is 0.374. The molecule has 2 aromatic heterocycles. The van der Waals surface area contributed by atoms with Crippen LogP contribution in [0.25, 0.3) is 0 Å². The highest BCUT2D eigenvalue weighted by Gasteiger charge is 2.14. The molecule has 0 bridgehead atoms. The van der Waals surface area contributed by atoms with Gasteiger partial charge in [-0.25, -0.2) is 15.0 Å². The van der Waals surface area contributed by atoms with Crippen molar-refractivity contribution in [2.45, 2.75) is 26.7 Å². The van der Waals surface area contributed by atoms with Crippen molar-refractivity contribution >= 4 is 5.82 Å². The second-order valence-electron chi connectivity index (χ2n) is 7.19. The molecule has 0 radical (unpaired) electrons. The Morgan fingerprint density at radius 1 is 0.844 bits per heavy atom. The number of nitrogens with two attached hydrogens (primary N) is 1. The van der Waals surface area contributed by atoms with E-state index in [1.165, 1.54) is 0 Å². The van der Waals surface area contributed by atoms with Crippen LogP contribution in [0.15, 0.2) is 30.6 Å². The average Bonchev–Trinajstić information content (AvgIpc) is 2.78. The Hall–Kier alpha value is -3.99. The minimum atomic E-state index is 0.175. The van der Waals surface area contributed by atoms with Crippen LogP contribution < -0.4 is 24.7 Å². The van der Waals surface area contributed by atoms with Gasteiger partial charge in [-0.15, -0.1) is 0 Å². The van der Waals surface area contributed by atoms with Crippen LogP contribution in [-0.2, 0) is 0 Å². The number of hydrogen-bond acceptors (Lipinski definition) is 8. The van der Waals surface area contributed by atoms with E-state index in [0.717, 1.165) is 5.56 Å². The third-order valence-corrected chi connectivity index (χ3v) is 4.67. The first-order valence-corrected chi connectivity index (χ1v) is 9.95. The zero-order valence-electron chi connectivity index (χ0n) is 19.0. The van der Waals surface area contributed by atoms with Crippen LogP contribution in [-0.4, -0.2) is 36.3 Å². The third kappa shape index (κ3) is 5.01. The van der Waals surface area contributed by atoms with Crippen molar-refractivity contribution in [3.8, 4) is 40.6 Å². The Bertz CT molecular complexity index is 1160. The van der Waals surface area contributed by atoms with Crippen LogP contribution in [0.5, 0.6) is 28.7 Å². The molecule has 8 heteroatoms. The summed E-state index contributed by atoms with van der Waals surface area (Å²) in [7, 11) is 4.71. The lowest BCUT2D eigenvalue weighted by atomic mass is 10.0. The summed E-state index contributed by atoms with van der Waals surface area (Å²) in [4.78, 5) is 12.8. The predicted octanol–water partition coefficient (Wildman–Crippen LogP) is 4.10.